The Morgan fingerprint density at radius 1 is 1.07 bits per heavy atom. The molecule has 0 aromatic heterocycles. The van der Waals surface area contributed by atoms with Crippen molar-refractivity contribution < 1.29 is 14.2 Å². The maximum Gasteiger partial charge on any atom is 0.191 e. The molecule has 1 aliphatic heterocycles. The highest BCUT2D eigenvalue weighted by Crippen LogP contribution is 2.43. The summed E-state index contributed by atoms with van der Waals surface area (Å²) in [5.41, 5.74) is 1.75. The summed E-state index contributed by atoms with van der Waals surface area (Å²) in [5.74, 6) is 1.81. The molecule has 0 amide bonds. The van der Waals surface area contributed by atoms with Gasteiger partial charge in [0, 0.05) is 52.5 Å². The molecule has 1 saturated carbocycles. The van der Waals surface area contributed by atoms with Gasteiger partial charge in [0.25, 0.3) is 0 Å². The third-order valence-electron chi connectivity index (χ3n) is 6.93. The van der Waals surface area contributed by atoms with Crippen molar-refractivity contribution in [2.24, 2.45) is 10.4 Å². The Balaban J connectivity index is 1.61. The normalized spacial score (nSPS) is 20.3. The SMILES string of the molecule is CCOc1ccc(C2(CNC(=NC)NCC3(CCOC)CCC3)CCOCC2)cc1. The first-order valence-electron chi connectivity index (χ1n) is 11.4. The molecule has 168 valence electrons. The predicted octanol–water partition coefficient (Wildman–Crippen LogP) is 3.51. The van der Waals surface area contributed by atoms with Crippen LogP contribution in [0.15, 0.2) is 29.3 Å². The molecule has 2 N–H and O–H groups in total. The van der Waals surface area contributed by atoms with Gasteiger partial charge in [0.1, 0.15) is 5.75 Å². The molecule has 1 heterocycles. The molecule has 2 fully saturated rings. The van der Waals surface area contributed by atoms with Gasteiger partial charge >= 0.3 is 0 Å². The first-order valence-corrected chi connectivity index (χ1v) is 11.4. The summed E-state index contributed by atoms with van der Waals surface area (Å²) < 4.78 is 16.6. The van der Waals surface area contributed by atoms with Crippen LogP contribution in [-0.4, -0.2) is 59.6 Å². The monoisotopic (exact) mass is 417 g/mol. The fourth-order valence-electron chi connectivity index (χ4n) is 4.66. The molecule has 6 heteroatoms. The van der Waals surface area contributed by atoms with Gasteiger partial charge in [0.2, 0.25) is 0 Å². The van der Waals surface area contributed by atoms with Gasteiger partial charge in [-0.05, 0) is 62.1 Å². The lowest BCUT2D eigenvalue weighted by Gasteiger charge is -2.43. The molecular weight excluding hydrogens is 378 g/mol. The Labute approximate surface area is 181 Å². The summed E-state index contributed by atoms with van der Waals surface area (Å²) in [6.07, 6.45) is 6.98. The lowest BCUT2D eigenvalue weighted by Crippen LogP contribution is -2.51. The van der Waals surface area contributed by atoms with Crippen molar-refractivity contribution in [2.45, 2.75) is 50.9 Å². The van der Waals surface area contributed by atoms with E-state index in [-0.39, 0.29) is 5.41 Å². The molecule has 0 radical (unpaired) electrons. The molecule has 30 heavy (non-hydrogen) atoms. The van der Waals surface area contributed by atoms with Gasteiger partial charge in [-0.15, -0.1) is 0 Å². The predicted molar refractivity (Wildman–Crippen MR) is 121 cm³/mol. The van der Waals surface area contributed by atoms with Crippen LogP contribution in [0.25, 0.3) is 0 Å². The highest BCUT2D eigenvalue weighted by atomic mass is 16.5. The lowest BCUT2D eigenvalue weighted by molar-refractivity contribution is 0.0512. The summed E-state index contributed by atoms with van der Waals surface area (Å²) in [6.45, 7) is 6.91. The second kappa shape index (κ2) is 11.0. The van der Waals surface area contributed by atoms with Crippen LogP contribution in [-0.2, 0) is 14.9 Å². The van der Waals surface area contributed by atoms with Gasteiger partial charge in [-0.25, -0.2) is 0 Å². The van der Waals surface area contributed by atoms with E-state index in [0.29, 0.717) is 12.0 Å². The second-order valence-corrected chi connectivity index (χ2v) is 8.73. The van der Waals surface area contributed by atoms with Gasteiger partial charge in [0.15, 0.2) is 5.96 Å². The molecular formula is C24H39N3O3. The zero-order valence-corrected chi connectivity index (χ0v) is 19.0. The van der Waals surface area contributed by atoms with E-state index < -0.39 is 0 Å². The highest BCUT2D eigenvalue weighted by molar-refractivity contribution is 5.79. The summed E-state index contributed by atoms with van der Waals surface area (Å²) in [5, 5.41) is 7.20. The molecule has 0 bridgehead atoms. The fourth-order valence-corrected chi connectivity index (χ4v) is 4.66. The first kappa shape index (κ1) is 22.9. The van der Waals surface area contributed by atoms with E-state index in [4.69, 9.17) is 14.2 Å². The van der Waals surface area contributed by atoms with E-state index in [2.05, 4.69) is 39.9 Å². The van der Waals surface area contributed by atoms with Crippen LogP contribution < -0.4 is 15.4 Å². The molecule has 1 aromatic carbocycles. The van der Waals surface area contributed by atoms with Gasteiger partial charge in [-0.2, -0.15) is 0 Å². The molecule has 6 nitrogen and oxygen atoms in total. The Bertz CT molecular complexity index is 665. The molecule has 1 aromatic rings. The minimum atomic E-state index is 0.0465. The van der Waals surface area contributed by atoms with Crippen molar-refractivity contribution in [3.8, 4) is 5.75 Å². The third-order valence-corrected chi connectivity index (χ3v) is 6.93. The Hall–Kier alpha value is -1.79. The van der Waals surface area contributed by atoms with Crippen molar-refractivity contribution in [1.82, 2.24) is 10.6 Å². The van der Waals surface area contributed by atoms with Crippen molar-refractivity contribution in [1.29, 1.82) is 0 Å². The minimum Gasteiger partial charge on any atom is -0.494 e. The average Bonchev–Trinajstić information content (AvgIpc) is 2.76. The molecule has 0 unspecified atom stereocenters. The van der Waals surface area contributed by atoms with Crippen LogP contribution in [0.1, 0.15) is 51.0 Å². The van der Waals surface area contributed by atoms with Crippen LogP contribution in [0.2, 0.25) is 0 Å². The highest BCUT2D eigenvalue weighted by Gasteiger charge is 2.37. The topological polar surface area (TPSA) is 64.1 Å². The van der Waals surface area contributed by atoms with Crippen molar-refractivity contribution in [3.05, 3.63) is 29.8 Å². The van der Waals surface area contributed by atoms with Crippen LogP contribution in [0.4, 0.5) is 0 Å². The number of nitrogens with zero attached hydrogens (tertiary/aromatic N) is 1. The van der Waals surface area contributed by atoms with E-state index in [1.165, 1.54) is 24.8 Å². The maximum atomic E-state index is 5.68. The van der Waals surface area contributed by atoms with Crippen molar-refractivity contribution in [2.75, 3.05) is 53.7 Å². The number of aliphatic imine (C=N–C) groups is 1. The largest absolute Gasteiger partial charge is 0.494 e. The van der Waals surface area contributed by atoms with Gasteiger partial charge in [-0.1, -0.05) is 18.6 Å². The van der Waals surface area contributed by atoms with E-state index in [9.17, 15) is 0 Å². The van der Waals surface area contributed by atoms with E-state index in [1.807, 2.05) is 14.0 Å². The van der Waals surface area contributed by atoms with Gasteiger partial charge < -0.3 is 24.8 Å². The molecule has 0 spiro atoms. The van der Waals surface area contributed by atoms with Crippen molar-refractivity contribution >= 4 is 5.96 Å². The van der Waals surface area contributed by atoms with Gasteiger partial charge in [0.05, 0.1) is 6.61 Å². The number of methoxy groups -OCH3 is 1. The van der Waals surface area contributed by atoms with Crippen LogP contribution >= 0.6 is 0 Å². The third kappa shape index (κ3) is 5.67. The fraction of sp³-hybridized carbons (Fsp3) is 0.708. The Morgan fingerprint density at radius 2 is 1.77 bits per heavy atom. The quantitative estimate of drug-likeness (QED) is 0.451. The van der Waals surface area contributed by atoms with Crippen molar-refractivity contribution in [3.63, 3.8) is 0 Å². The van der Waals surface area contributed by atoms with Crippen LogP contribution in [0.5, 0.6) is 5.75 Å². The average molecular weight is 418 g/mol. The number of benzene rings is 1. The lowest BCUT2D eigenvalue weighted by atomic mass is 9.67. The molecule has 0 atom stereocenters. The summed E-state index contributed by atoms with van der Waals surface area (Å²) in [6, 6.07) is 8.59. The number of rotatable bonds is 10. The molecule has 1 aliphatic carbocycles. The maximum absolute atomic E-state index is 5.68. The number of ether oxygens (including phenoxy) is 3. The molecule has 1 saturated heterocycles. The van der Waals surface area contributed by atoms with Crippen LogP contribution in [0.3, 0.4) is 0 Å². The standard InChI is InChI=1S/C24H39N3O3/c1-4-30-21-8-6-20(7-9-21)24(13-16-29-17-14-24)19-27-22(25-2)26-18-23(10-5-11-23)12-15-28-3/h6-9H,4-5,10-19H2,1-3H3,(H2,25,26,27). The zero-order valence-electron chi connectivity index (χ0n) is 19.0. The smallest absolute Gasteiger partial charge is 0.191 e. The zero-order chi connectivity index (χ0) is 21.3. The van der Waals surface area contributed by atoms with Crippen LogP contribution in [0, 0.1) is 5.41 Å². The first-order chi connectivity index (χ1) is 14.7. The summed E-state index contributed by atoms with van der Waals surface area (Å²) in [7, 11) is 3.64. The number of hydrogen-bond donors (Lipinski definition) is 2. The summed E-state index contributed by atoms with van der Waals surface area (Å²) >= 11 is 0. The Kier molecular flexibility index (Phi) is 8.40. The van der Waals surface area contributed by atoms with E-state index in [0.717, 1.165) is 63.9 Å². The summed E-state index contributed by atoms with van der Waals surface area (Å²) in [4.78, 5) is 4.49. The molecule has 2 aliphatic rings. The van der Waals surface area contributed by atoms with E-state index >= 15 is 0 Å². The number of guanidine groups is 1. The number of hydrogen-bond acceptors (Lipinski definition) is 4. The second-order valence-electron chi connectivity index (χ2n) is 8.73. The van der Waals surface area contributed by atoms with E-state index in [1.54, 1.807) is 7.11 Å². The molecule has 3 rings (SSSR count). The minimum absolute atomic E-state index is 0.0465. The number of nitrogens with one attached hydrogen (secondary N) is 2. The Morgan fingerprint density at radius 3 is 2.33 bits per heavy atom. The van der Waals surface area contributed by atoms with Gasteiger partial charge in [-0.3, -0.25) is 4.99 Å².